The molecule has 0 saturated heterocycles. The molecule has 0 heterocycles. The lowest BCUT2D eigenvalue weighted by Gasteiger charge is -2.19. The van der Waals surface area contributed by atoms with Crippen LogP contribution in [-0.2, 0) is 15.5 Å². The Morgan fingerprint density at radius 3 is 2.30 bits per heavy atom. The molecule has 2 aromatic carbocycles. The topological polar surface area (TPSA) is 61.5 Å². The number of benzene rings is 2. The van der Waals surface area contributed by atoms with E-state index in [1.807, 2.05) is 68.4 Å². The van der Waals surface area contributed by atoms with Crippen molar-refractivity contribution < 1.29 is 13.8 Å². The molecule has 0 amide bonds. The molecule has 0 saturated carbocycles. The van der Waals surface area contributed by atoms with E-state index in [0.29, 0.717) is 17.7 Å². The zero-order valence-electron chi connectivity index (χ0n) is 13.6. The summed E-state index contributed by atoms with van der Waals surface area (Å²) in [4.78, 5) is 0. The predicted octanol–water partition coefficient (Wildman–Crippen LogP) is 3.55. The Kier molecular flexibility index (Phi) is 6.40. The highest BCUT2D eigenvalue weighted by molar-refractivity contribution is 7.66. The molecule has 0 fully saturated rings. The molecule has 2 aromatic rings. The minimum atomic E-state index is -3.04. The highest BCUT2D eigenvalue weighted by atomic mass is 31.2. The molecule has 23 heavy (non-hydrogen) atoms. The molecular weight excluding hydrogens is 309 g/mol. The summed E-state index contributed by atoms with van der Waals surface area (Å²) >= 11 is 0. The summed E-state index contributed by atoms with van der Waals surface area (Å²) in [5, 5.41) is 0.670. The van der Waals surface area contributed by atoms with Crippen molar-refractivity contribution in [2.45, 2.75) is 26.3 Å². The SMILES string of the molecule is CCO[P@@](=O)(COc1ccccc1)c1ccc(CC(C)N)cc1. The van der Waals surface area contributed by atoms with Crippen molar-refractivity contribution in [1.82, 2.24) is 0 Å². The predicted molar refractivity (Wildman–Crippen MR) is 94.6 cm³/mol. The highest BCUT2D eigenvalue weighted by Crippen LogP contribution is 2.45. The molecule has 2 rings (SSSR count). The molecule has 0 aliphatic rings. The van der Waals surface area contributed by atoms with Gasteiger partial charge in [-0.1, -0.05) is 30.3 Å². The summed E-state index contributed by atoms with van der Waals surface area (Å²) in [6.45, 7) is 4.17. The van der Waals surface area contributed by atoms with Gasteiger partial charge in [-0.3, -0.25) is 4.57 Å². The lowest BCUT2D eigenvalue weighted by Crippen LogP contribution is -2.18. The van der Waals surface area contributed by atoms with Crippen LogP contribution in [0.5, 0.6) is 5.75 Å². The third-order valence-corrected chi connectivity index (χ3v) is 5.60. The van der Waals surface area contributed by atoms with Crippen molar-refractivity contribution in [3.63, 3.8) is 0 Å². The molecule has 0 bridgehead atoms. The Balaban J connectivity index is 2.14. The van der Waals surface area contributed by atoms with E-state index in [9.17, 15) is 4.57 Å². The minimum Gasteiger partial charge on any atom is -0.483 e. The maximum atomic E-state index is 13.1. The summed E-state index contributed by atoms with van der Waals surface area (Å²) in [6.07, 6.45) is 0.817. The second-order valence-corrected chi connectivity index (χ2v) is 7.91. The van der Waals surface area contributed by atoms with Crippen LogP contribution >= 0.6 is 7.37 Å². The second kappa shape index (κ2) is 8.30. The minimum absolute atomic E-state index is 0.0253. The maximum absolute atomic E-state index is 13.1. The van der Waals surface area contributed by atoms with Gasteiger partial charge in [-0.15, -0.1) is 0 Å². The van der Waals surface area contributed by atoms with Crippen molar-refractivity contribution in [1.29, 1.82) is 0 Å². The third-order valence-electron chi connectivity index (χ3n) is 3.37. The van der Waals surface area contributed by atoms with Crippen LogP contribution in [0.1, 0.15) is 19.4 Å². The summed E-state index contributed by atoms with van der Waals surface area (Å²) in [5.41, 5.74) is 6.93. The molecule has 5 heteroatoms. The van der Waals surface area contributed by atoms with E-state index in [4.69, 9.17) is 15.0 Å². The van der Waals surface area contributed by atoms with Crippen LogP contribution in [0.25, 0.3) is 0 Å². The third kappa shape index (κ3) is 5.21. The van der Waals surface area contributed by atoms with E-state index in [1.165, 1.54) is 0 Å². The van der Waals surface area contributed by atoms with Gasteiger partial charge in [0.2, 0.25) is 0 Å². The van der Waals surface area contributed by atoms with Gasteiger partial charge in [0.1, 0.15) is 5.75 Å². The molecule has 4 nitrogen and oxygen atoms in total. The van der Waals surface area contributed by atoms with Crippen molar-refractivity contribution >= 4 is 12.7 Å². The summed E-state index contributed by atoms with van der Waals surface area (Å²) in [6, 6.07) is 17.0. The fourth-order valence-electron chi connectivity index (χ4n) is 2.30. The molecule has 0 aromatic heterocycles. The molecule has 0 spiro atoms. The molecule has 0 radical (unpaired) electrons. The zero-order chi connectivity index (χ0) is 16.7. The van der Waals surface area contributed by atoms with Gasteiger partial charge < -0.3 is 15.0 Å². The lowest BCUT2D eigenvalue weighted by molar-refractivity contribution is 0.300. The van der Waals surface area contributed by atoms with Crippen LogP contribution in [0.3, 0.4) is 0 Å². The number of hydrogen-bond donors (Lipinski definition) is 1. The number of nitrogens with two attached hydrogens (primary N) is 1. The fraction of sp³-hybridized carbons (Fsp3) is 0.333. The number of hydrogen-bond acceptors (Lipinski definition) is 4. The van der Waals surface area contributed by atoms with Gasteiger partial charge in [-0.05, 0) is 50.1 Å². The molecule has 0 aliphatic carbocycles. The Hall–Kier alpha value is -1.61. The first-order valence-corrected chi connectivity index (χ1v) is 9.61. The first-order valence-electron chi connectivity index (χ1n) is 7.80. The van der Waals surface area contributed by atoms with Crippen LogP contribution in [0.4, 0.5) is 0 Å². The van der Waals surface area contributed by atoms with Crippen LogP contribution in [0.15, 0.2) is 54.6 Å². The van der Waals surface area contributed by atoms with Crippen molar-refractivity contribution in [3.05, 3.63) is 60.2 Å². The monoisotopic (exact) mass is 333 g/mol. The van der Waals surface area contributed by atoms with E-state index in [-0.39, 0.29) is 12.4 Å². The summed E-state index contributed by atoms with van der Waals surface area (Å²) in [7, 11) is -3.04. The van der Waals surface area contributed by atoms with Crippen molar-refractivity contribution in [2.75, 3.05) is 13.0 Å². The van der Waals surface area contributed by atoms with E-state index < -0.39 is 7.37 Å². The molecular formula is C18H24NO3P. The standard InChI is InChI=1S/C18H24NO3P/c1-3-22-23(20,14-21-17-7-5-4-6-8-17)18-11-9-16(10-12-18)13-15(2)19/h4-12,15H,3,13-14,19H2,1-2H3/t15?,23-/m0/s1. The quantitative estimate of drug-likeness (QED) is 0.751. The van der Waals surface area contributed by atoms with Crippen LogP contribution < -0.4 is 15.8 Å². The molecule has 124 valence electrons. The maximum Gasteiger partial charge on any atom is 0.268 e. The van der Waals surface area contributed by atoms with E-state index in [1.54, 1.807) is 0 Å². The normalized spacial score (nSPS) is 14.9. The Labute approximate surface area is 138 Å². The number of ether oxygens (including phenoxy) is 1. The highest BCUT2D eigenvalue weighted by Gasteiger charge is 2.26. The van der Waals surface area contributed by atoms with Crippen molar-refractivity contribution in [2.24, 2.45) is 5.73 Å². The number of para-hydroxylation sites is 1. The van der Waals surface area contributed by atoms with Crippen molar-refractivity contribution in [3.8, 4) is 5.75 Å². The van der Waals surface area contributed by atoms with Gasteiger partial charge in [0.25, 0.3) is 7.37 Å². The van der Waals surface area contributed by atoms with Crippen LogP contribution in [-0.4, -0.2) is 19.0 Å². The zero-order valence-corrected chi connectivity index (χ0v) is 14.5. The first-order chi connectivity index (χ1) is 11.0. The Bertz CT molecular complexity index is 641. The molecule has 0 aliphatic heterocycles. The first kappa shape index (κ1) is 17.7. The summed E-state index contributed by atoms with van der Waals surface area (Å²) < 4.78 is 24.4. The van der Waals surface area contributed by atoms with Gasteiger partial charge in [-0.2, -0.15) is 0 Å². The second-order valence-electron chi connectivity index (χ2n) is 5.53. The van der Waals surface area contributed by atoms with Gasteiger partial charge >= 0.3 is 0 Å². The molecule has 2 atom stereocenters. The smallest absolute Gasteiger partial charge is 0.268 e. The molecule has 1 unspecified atom stereocenters. The van der Waals surface area contributed by atoms with Gasteiger partial charge in [0.15, 0.2) is 6.35 Å². The van der Waals surface area contributed by atoms with E-state index >= 15 is 0 Å². The van der Waals surface area contributed by atoms with Crippen LogP contribution in [0, 0.1) is 0 Å². The molecule has 2 N–H and O–H groups in total. The average Bonchev–Trinajstić information content (AvgIpc) is 2.54. The van der Waals surface area contributed by atoms with Crippen LogP contribution in [0.2, 0.25) is 0 Å². The van der Waals surface area contributed by atoms with E-state index in [2.05, 4.69) is 0 Å². The summed E-state index contributed by atoms with van der Waals surface area (Å²) in [5.74, 6) is 0.681. The van der Waals surface area contributed by atoms with Gasteiger partial charge in [-0.25, -0.2) is 0 Å². The largest absolute Gasteiger partial charge is 0.483 e. The average molecular weight is 333 g/mol. The van der Waals surface area contributed by atoms with E-state index in [0.717, 1.165) is 12.0 Å². The Morgan fingerprint density at radius 2 is 1.74 bits per heavy atom. The van der Waals surface area contributed by atoms with Gasteiger partial charge in [0.05, 0.1) is 6.61 Å². The van der Waals surface area contributed by atoms with Gasteiger partial charge in [0, 0.05) is 11.3 Å². The number of rotatable bonds is 8. The fourth-order valence-corrected chi connectivity index (χ4v) is 4.01. The lowest BCUT2D eigenvalue weighted by atomic mass is 10.1. The Morgan fingerprint density at radius 1 is 1.09 bits per heavy atom.